The number of unbranched alkanes of at least 4 members (excludes halogenated alkanes) is 7. The Bertz CT molecular complexity index is 852. The Balaban J connectivity index is 0.00000420. The molecule has 0 saturated carbocycles. The summed E-state index contributed by atoms with van der Waals surface area (Å²) in [6, 6.07) is 10.7. The molecule has 0 atom stereocenters. The van der Waals surface area contributed by atoms with E-state index in [4.69, 9.17) is 4.74 Å². The van der Waals surface area contributed by atoms with Gasteiger partial charge in [-0.1, -0.05) is 88.0 Å². The van der Waals surface area contributed by atoms with Gasteiger partial charge in [0.15, 0.2) is 0 Å². The third-order valence-electron chi connectivity index (χ3n) is 4.70. The van der Waals surface area contributed by atoms with Crippen LogP contribution in [-0.2, 0) is 16.5 Å². The van der Waals surface area contributed by atoms with Gasteiger partial charge in [0.2, 0.25) is 0 Å². The van der Waals surface area contributed by atoms with E-state index in [1.54, 1.807) is 12.1 Å². The summed E-state index contributed by atoms with van der Waals surface area (Å²) in [6.45, 7) is 2.21. The van der Waals surface area contributed by atoms with Gasteiger partial charge >= 0.3 is 51.4 Å². The van der Waals surface area contributed by atoms with Crippen LogP contribution in [-0.4, -0.2) is 13.0 Å². The van der Waals surface area contributed by atoms with Crippen LogP contribution in [0.1, 0.15) is 63.9 Å². The second-order valence-electron chi connectivity index (χ2n) is 6.99. The maximum absolute atomic E-state index is 12.3. The van der Waals surface area contributed by atoms with Gasteiger partial charge in [-0.2, -0.15) is 8.42 Å². The standard InChI is InChI=1S/C22H30O5S.K/c1-2-3-4-5-6-7-8-9-13-18-14-12-15-19(23)22(18)27-20-16-10-11-17-21(20)28(24,25)26;/h10-12,14-17,23H,2-9,13H2,1H3,(H,24,25,26);/q;+1/p-1. The number of rotatable bonds is 12. The zero-order chi connectivity index (χ0) is 20.4. The van der Waals surface area contributed by atoms with Gasteiger partial charge in [-0.15, -0.1) is 0 Å². The van der Waals surface area contributed by atoms with Crippen molar-refractivity contribution in [3.63, 3.8) is 0 Å². The number of para-hydroxylation sites is 2. The molecular weight excluding hydrogens is 415 g/mol. The SMILES string of the molecule is CCCCCCCCCCc1cccc([O-])c1Oc1ccccc1S(=O)(=O)O.[K+]. The summed E-state index contributed by atoms with van der Waals surface area (Å²) in [7, 11) is -4.44. The van der Waals surface area contributed by atoms with Crippen LogP contribution in [0.2, 0.25) is 0 Å². The van der Waals surface area contributed by atoms with Crippen molar-refractivity contribution >= 4 is 10.1 Å². The Morgan fingerprint density at radius 3 is 2.17 bits per heavy atom. The van der Waals surface area contributed by atoms with Gasteiger partial charge in [-0.05, 0) is 30.5 Å². The predicted octanol–water partition coefficient (Wildman–Crippen LogP) is 2.49. The number of hydrogen-bond acceptors (Lipinski definition) is 4. The monoisotopic (exact) mass is 444 g/mol. The summed E-state index contributed by atoms with van der Waals surface area (Å²) in [5.74, 6) is -0.228. The molecule has 0 aromatic heterocycles. The molecule has 7 heteroatoms. The van der Waals surface area contributed by atoms with Gasteiger partial charge in [-0.25, -0.2) is 0 Å². The van der Waals surface area contributed by atoms with Crippen molar-refractivity contribution in [3.8, 4) is 17.2 Å². The summed E-state index contributed by atoms with van der Waals surface area (Å²) in [6.07, 6.45) is 10.2. The second kappa shape index (κ2) is 13.8. The molecule has 0 fully saturated rings. The van der Waals surface area contributed by atoms with Gasteiger partial charge in [0.05, 0.1) is 0 Å². The number of aryl methyl sites for hydroxylation is 1. The van der Waals surface area contributed by atoms with Gasteiger partial charge < -0.3 is 9.84 Å². The van der Waals surface area contributed by atoms with Crippen LogP contribution in [0.4, 0.5) is 0 Å². The first-order chi connectivity index (χ1) is 13.4. The fourth-order valence-corrected chi connectivity index (χ4v) is 3.80. The van der Waals surface area contributed by atoms with E-state index < -0.39 is 10.1 Å². The molecule has 0 heterocycles. The van der Waals surface area contributed by atoms with Gasteiger partial charge in [0, 0.05) is 0 Å². The van der Waals surface area contributed by atoms with Gasteiger partial charge in [0.1, 0.15) is 16.4 Å². The molecule has 0 spiro atoms. The molecule has 0 aliphatic heterocycles. The molecule has 154 valence electrons. The summed E-state index contributed by atoms with van der Waals surface area (Å²) < 4.78 is 38.1. The topological polar surface area (TPSA) is 86.7 Å². The minimum absolute atomic E-state index is 0. The first-order valence-corrected chi connectivity index (χ1v) is 11.4. The van der Waals surface area contributed by atoms with Crippen LogP contribution in [0.15, 0.2) is 47.4 Å². The first kappa shape index (κ1) is 26.6. The average Bonchev–Trinajstić information content (AvgIpc) is 2.66. The van der Waals surface area contributed by atoms with Crippen molar-refractivity contribution in [1.29, 1.82) is 0 Å². The van der Waals surface area contributed by atoms with E-state index in [0.717, 1.165) is 18.4 Å². The quantitative estimate of drug-likeness (QED) is 0.309. The largest absolute Gasteiger partial charge is 1.00 e. The molecule has 0 bridgehead atoms. The molecule has 2 rings (SSSR count). The van der Waals surface area contributed by atoms with Crippen LogP contribution < -0.4 is 61.2 Å². The molecule has 0 unspecified atom stereocenters. The van der Waals surface area contributed by atoms with Crippen molar-refractivity contribution in [2.24, 2.45) is 0 Å². The molecule has 0 saturated heterocycles. The second-order valence-corrected chi connectivity index (χ2v) is 8.38. The molecule has 2 aromatic rings. The smallest absolute Gasteiger partial charge is 0.870 e. The van der Waals surface area contributed by atoms with Crippen LogP contribution in [0.25, 0.3) is 0 Å². The number of hydrogen-bond donors (Lipinski definition) is 1. The number of ether oxygens (including phenoxy) is 1. The third kappa shape index (κ3) is 9.08. The predicted molar refractivity (Wildman–Crippen MR) is 109 cm³/mol. The molecule has 1 N–H and O–H groups in total. The Morgan fingerprint density at radius 1 is 0.897 bits per heavy atom. The molecule has 0 aliphatic carbocycles. The summed E-state index contributed by atoms with van der Waals surface area (Å²) >= 11 is 0. The third-order valence-corrected chi connectivity index (χ3v) is 5.59. The molecule has 0 amide bonds. The van der Waals surface area contributed by atoms with E-state index in [1.807, 2.05) is 6.07 Å². The van der Waals surface area contributed by atoms with Crippen molar-refractivity contribution in [1.82, 2.24) is 0 Å². The first-order valence-electron chi connectivity index (χ1n) is 9.96. The van der Waals surface area contributed by atoms with Crippen molar-refractivity contribution < 1.29 is 74.2 Å². The Morgan fingerprint density at radius 2 is 1.52 bits per heavy atom. The molecule has 0 aliphatic rings. The van der Waals surface area contributed by atoms with Gasteiger partial charge in [0.25, 0.3) is 10.1 Å². The zero-order valence-electron chi connectivity index (χ0n) is 17.4. The minimum atomic E-state index is -4.44. The van der Waals surface area contributed by atoms with E-state index >= 15 is 0 Å². The molecule has 29 heavy (non-hydrogen) atoms. The molecule has 5 nitrogen and oxygen atoms in total. The maximum atomic E-state index is 12.3. The van der Waals surface area contributed by atoms with E-state index in [9.17, 15) is 18.1 Å². The normalized spacial score (nSPS) is 11.1. The van der Waals surface area contributed by atoms with Crippen LogP contribution in [0, 0.1) is 0 Å². The summed E-state index contributed by atoms with van der Waals surface area (Å²) in [5, 5.41) is 12.3. The fraction of sp³-hybridized carbons (Fsp3) is 0.455. The minimum Gasteiger partial charge on any atom is -0.870 e. The van der Waals surface area contributed by atoms with E-state index in [2.05, 4.69) is 6.92 Å². The van der Waals surface area contributed by atoms with E-state index in [-0.39, 0.29) is 73.5 Å². The van der Waals surface area contributed by atoms with Crippen molar-refractivity contribution in [2.45, 2.75) is 69.6 Å². The Kier molecular flexibility index (Phi) is 12.7. The Hall–Kier alpha value is -0.414. The number of benzene rings is 2. The average molecular weight is 445 g/mol. The summed E-state index contributed by atoms with van der Waals surface area (Å²) in [4.78, 5) is -0.351. The van der Waals surface area contributed by atoms with E-state index in [0.29, 0.717) is 6.42 Å². The van der Waals surface area contributed by atoms with Crippen LogP contribution >= 0.6 is 0 Å². The molecule has 2 aromatic carbocycles. The van der Waals surface area contributed by atoms with E-state index in [1.165, 1.54) is 62.8 Å². The van der Waals surface area contributed by atoms with Crippen LogP contribution in [0.3, 0.4) is 0 Å². The molecule has 0 radical (unpaired) electrons. The van der Waals surface area contributed by atoms with Crippen molar-refractivity contribution in [3.05, 3.63) is 48.0 Å². The summed E-state index contributed by atoms with van der Waals surface area (Å²) in [5.41, 5.74) is 0.753. The molecular formula is C22H29KO5S. The Labute approximate surface area is 217 Å². The zero-order valence-corrected chi connectivity index (χ0v) is 21.3. The van der Waals surface area contributed by atoms with Gasteiger partial charge in [-0.3, -0.25) is 4.55 Å². The van der Waals surface area contributed by atoms with Crippen molar-refractivity contribution in [2.75, 3.05) is 0 Å². The maximum Gasteiger partial charge on any atom is 1.00 e. The van der Waals surface area contributed by atoms with Crippen LogP contribution in [0.5, 0.6) is 17.2 Å². The fourth-order valence-electron chi connectivity index (χ4n) is 3.18.